The van der Waals surface area contributed by atoms with Crippen LogP contribution in [-0.2, 0) is 10.0 Å². The Labute approximate surface area is 131 Å². The van der Waals surface area contributed by atoms with Gasteiger partial charge in [0.2, 0.25) is 10.0 Å². The van der Waals surface area contributed by atoms with Crippen molar-refractivity contribution in [3.63, 3.8) is 0 Å². The first-order chi connectivity index (χ1) is 9.91. The minimum atomic E-state index is -3.43. The van der Waals surface area contributed by atoms with Gasteiger partial charge >= 0.3 is 0 Å². The first-order valence-corrected chi connectivity index (χ1v) is 9.64. The highest BCUT2D eigenvalue weighted by molar-refractivity contribution is 7.99. The summed E-state index contributed by atoms with van der Waals surface area (Å²) in [6.45, 7) is 0.893. The maximum Gasteiger partial charge on any atom is 0.242 e. The predicted octanol–water partition coefficient (Wildman–Crippen LogP) is 2.07. The Hall–Kier alpha value is -0.920. The smallest absolute Gasteiger partial charge is 0.242 e. The third-order valence-electron chi connectivity index (χ3n) is 3.72. The van der Waals surface area contributed by atoms with E-state index < -0.39 is 10.0 Å². The van der Waals surface area contributed by atoms with E-state index in [0.717, 1.165) is 12.2 Å². The highest BCUT2D eigenvalue weighted by Gasteiger charge is 2.18. The fourth-order valence-corrected chi connectivity index (χ4v) is 4.42. The Morgan fingerprint density at radius 3 is 2.57 bits per heavy atom. The van der Waals surface area contributed by atoms with Crippen LogP contribution in [0.4, 0.5) is 11.4 Å². The van der Waals surface area contributed by atoms with E-state index in [-0.39, 0.29) is 4.90 Å². The molecule has 2 rings (SSSR count). The Balaban J connectivity index is 2.05. The maximum absolute atomic E-state index is 12.0. The first kappa shape index (κ1) is 16.5. The highest BCUT2D eigenvalue weighted by atomic mass is 32.2. The van der Waals surface area contributed by atoms with Crippen molar-refractivity contribution in [3.05, 3.63) is 18.2 Å². The third kappa shape index (κ3) is 4.05. The van der Waals surface area contributed by atoms with Crippen molar-refractivity contribution in [2.24, 2.45) is 5.92 Å². The van der Waals surface area contributed by atoms with E-state index in [4.69, 9.17) is 5.73 Å². The highest BCUT2D eigenvalue weighted by Crippen LogP contribution is 2.26. The molecule has 0 amide bonds. The molecule has 1 saturated heterocycles. The number of nitrogens with one attached hydrogen (secondary N) is 1. The molecular weight excluding hydrogens is 306 g/mol. The van der Waals surface area contributed by atoms with Crippen molar-refractivity contribution in [3.8, 4) is 0 Å². The lowest BCUT2D eigenvalue weighted by Gasteiger charge is -2.22. The van der Waals surface area contributed by atoms with Crippen LogP contribution >= 0.6 is 11.8 Å². The second-order valence-corrected chi connectivity index (χ2v) is 8.85. The number of hydrogen-bond acceptors (Lipinski definition) is 5. The van der Waals surface area contributed by atoms with E-state index in [0.29, 0.717) is 11.6 Å². The predicted molar refractivity (Wildman–Crippen MR) is 90.3 cm³/mol. The van der Waals surface area contributed by atoms with Crippen molar-refractivity contribution in [1.29, 1.82) is 0 Å². The normalized spacial score (nSPS) is 17.1. The van der Waals surface area contributed by atoms with Gasteiger partial charge in [-0.2, -0.15) is 11.8 Å². The fraction of sp³-hybridized carbons (Fsp3) is 0.571. The summed E-state index contributed by atoms with van der Waals surface area (Å²) >= 11 is 2.01. The van der Waals surface area contributed by atoms with E-state index >= 15 is 0 Å². The van der Waals surface area contributed by atoms with Gasteiger partial charge in [0, 0.05) is 20.6 Å². The summed E-state index contributed by atoms with van der Waals surface area (Å²) in [5.74, 6) is 3.12. The SMILES string of the molecule is CN(C)S(=O)(=O)c1ccc(NCC2CCSCC2)c(N)c1. The van der Waals surface area contributed by atoms with Gasteiger partial charge in [0.15, 0.2) is 0 Å². The van der Waals surface area contributed by atoms with Crippen LogP contribution in [0, 0.1) is 5.92 Å². The lowest BCUT2D eigenvalue weighted by atomic mass is 10.0. The molecule has 1 heterocycles. The number of hydrogen-bond donors (Lipinski definition) is 2. The third-order valence-corrected chi connectivity index (χ3v) is 6.58. The molecule has 1 aliphatic rings. The van der Waals surface area contributed by atoms with Crippen LogP contribution < -0.4 is 11.1 Å². The summed E-state index contributed by atoms with van der Waals surface area (Å²) in [6, 6.07) is 4.88. The zero-order valence-corrected chi connectivity index (χ0v) is 14.1. The second kappa shape index (κ2) is 6.89. The molecule has 1 aromatic carbocycles. The fourth-order valence-electron chi connectivity index (χ4n) is 2.28. The van der Waals surface area contributed by atoms with E-state index in [1.54, 1.807) is 12.1 Å². The molecule has 0 aliphatic carbocycles. The van der Waals surface area contributed by atoms with E-state index in [1.165, 1.54) is 48.8 Å². The molecule has 21 heavy (non-hydrogen) atoms. The van der Waals surface area contributed by atoms with Gasteiger partial charge in [-0.15, -0.1) is 0 Å². The van der Waals surface area contributed by atoms with Gasteiger partial charge in [0.1, 0.15) is 0 Å². The number of benzene rings is 1. The molecule has 1 aromatic rings. The lowest BCUT2D eigenvalue weighted by Crippen LogP contribution is -2.22. The number of nitrogen functional groups attached to an aromatic ring is 1. The molecule has 118 valence electrons. The summed E-state index contributed by atoms with van der Waals surface area (Å²) < 4.78 is 25.3. The average molecular weight is 329 g/mol. The molecule has 7 heteroatoms. The van der Waals surface area contributed by atoms with Gasteiger partial charge in [-0.1, -0.05) is 0 Å². The minimum absolute atomic E-state index is 0.226. The Morgan fingerprint density at radius 1 is 1.33 bits per heavy atom. The van der Waals surface area contributed by atoms with Gasteiger partial charge in [-0.05, 0) is 48.5 Å². The van der Waals surface area contributed by atoms with Gasteiger partial charge < -0.3 is 11.1 Å². The topological polar surface area (TPSA) is 75.4 Å². The van der Waals surface area contributed by atoms with E-state index in [9.17, 15) is 8.42 Å². The minimum Gasteiger partial charge on any atom is -0.397 e. The number of anilines is 2. The number of nitrogens with zero attached hydrogens (tertiary/aromatic N) is 1. The van der Waals surface area contributed by atoms with Crippen LogP contribution in [-0.4, -0.2) is 44.9 Å². The molecule has 0 atom stereocenters. The summed E-state index contributed by atoms with van der Waals surface area (Å²) in [5, 5.41) is 3.35. The zero-order chi connectivity index (χ0) is 15.5. The van der Waals surface area contributed by atoms with Crippen LogP contribution in [0.2, 0.25) is 0 Å². The number of thioether (sulfide) groups is 1. The monoisotopic (exact) mass is 329 g/mol. The quantitative estimate of drug-likeness (QED) is 0.809. The largest absolute Gasteiger partial charge is 0.397 e. The number of nitrogens with two attached hydrogens (primary N) is 1. The summed E-state index contributed by atoms with van der Waals surface area (Å²) in [4.78, 5) is 0.226. The number of sulfonamides is 1. The molecule has 0 saturated carbocycles. The van der Waals surface area contributed by atoms with Crippen LogP contribution in [0.5, 0.6) is 0 Å². The van der Waals surface area contributed by atoms with Gasteiger partial charge in [-0.25, -0.2) is 12.7 Å². The van der Waals surface area contributed by atoms with Gasteiger partial charge in [0.25, 0.3) is 0 Å². The van der Waals surface area contributed by atoms with E-state index in [2.05, 4.69) is 5.32 Å². The molecule has 0 spiro atoms. The standard InChI is InChI=1S/C14H23N3O2S2/c1-17(2)21(18,19)12-3-4-14(13(15)9-12)16-10-11-5-7-20-8-6-11/h3-4,9,11,16H,5-8,10,15H2,1-2H3. The molecule has 1 aliphatic heterocycles. The molecule has 0 unspecified atom stereocenters. The molecule has 3 N–H and O–H groups in total. The lowest BCUT2D eigenvalue weighted by molar-refractivity contribution is 0.516. The Kier molecular flexibility index (Phi) is 5.40. The molecule has 0 radical (unpaired) electrons. The molecule has 0 aromatic heterocycles. The van der Waals surface area contributed by atoms with Crippen LogP contribution in [0.1, 0.15) is 12.8 Å². The maximum atomic E-state index is 12.0. The zero-order valence-electron chi connectivity index (χ0n) is 12.5. The van der Waals surface area contributed by atoms with Crippen molar-refractivity contribution in [2.75, 3.05) is 43.2 Å². The molecular formula is C14H23N3O2S2. The van der Waals surface area contributed by atoms with Crippen molar-refractivity contribution in [1.82, 2.24) is 4.31 Å². The number of rotatable bonds is 5. The molecule has 1 fully saturated rings. The molecule has 5 nitrogen and oxygen atoms in total. The van der Waals surface area contributed by atoms with Crippen LogP contribution in [0.3, 0.4) is 0 Å². The second-order valence-electron chi connectivity index (χ2n) is 5.47. The summed E-state index contributed by atoms with van der Waals surface area (Å²) in [5.41, 5.74) is 7.27. The van der Waals surface area contributed by atoms with E-state index in [1.807, 2.05) is 11.8 Å². The van der Waals surface area contributed by atoms with Crippen molar-refractivity contribution in [2.45, 2.75) is 17.7 Å². The Morgan fingerprint density at radius 2 is 2.00 bits per heavy atom. The first-order valence-electron chi connectivity index (χ1n) is 7.05. The van der Waals surface area contributed by atoms with Gasteiger partial charge in [-0.3, -0.25) is 0 Å². The Bertz CT molecular complexity index is 582. The average Bonchev–Trinajstić information content (AvgIpc) is 2.46. The van der Waals surface area contributed by atoms with Crippen LogP contribution in [0.15, 0.2) is 23.1 Å². The van der Waals surface area contributed by atoms with Gasteiger partial charge in [0.05, 0.1) is 16.3 Å². The van der Waals surface area contributed by atoms with Crippen LogP contribution in [0.25, 0.3) is 0 Å². The summed E-state index contributed by atoms with van der Waals surface area (Å²) in [6.07, 6.45) is 2.45. The van der Waals surface area contributed by atoms with Crippen molar-refractivity contribution >= 4 is 33.2 Å². The van der Waals surface area contributed by atoms with Crippen molar-refractivity contribution < 1.29 is 8.42 Å². The summed E-state index contributed by atoms with van der Waals surface area (Å²) in [7, 11) is -0.403. The molecule has 0 bridgehead atoms.